The van der Waals surface area contributed by atoms with Gasteiger partial charge in [0.05, 0.1) is 17.8 Å². The summed E-state index contributed by atoms with van der Waals surface area (Å²) in [6, 6.07) is 10.3. The maximum Gasteiger partial charge on any atom is 0.230 e. The van der Waals surface area contributed by atoms with E-state index in [4.69, 9.17) is 0 Å². The first-order valence-electron chi connectivity index (χ1n) is 7.86. The number of amides is 1. The molecule has 0 aliphatic carbocycles. The summed E-state index contributed by atoms with van der Waals surface area (Å²) in [5, 5.41) is 15.3. The Morgan fingerprint density at radius 3 is 2.70 bits per heavy atom. The van der Waals surface area contributed by atoms with Crippen molar-refractivity contribution in [2.24, 2.45) is 0 Å². The number of carbonyl (C=O) groups is 1. The van der Waals surface area contributed by atoms with Gasteiger partial charge in [-0.3, -0.25) is 4.79 Å². The van der Waals surface area contributed by atoms with Crippen LogP contribution in [0.5, 0.6) is 0 Å². The maximum absolute atomic E-state index is 12.3. The third-order valence-electron chi connectivity index (χ3n) is 3.40. The van der Waals surface area contributed by atoms with Crippen molar-refractivity contribution in [2.45, 2.75) is 50.9 Å². The molecule has 2 aromatic rings. The normalized spacial score (nSPS) is 12.3. The molecule has 1 N–H and O–H groups in total. The van der Waals surface area contributed by atoms with Crippen LogP contribution in [0, 0.1) is 0 Å². The van der Waals surface area contributed by atoms with E-state index in [9.17, 15) is 4.79 Å². The van der Waals surface area contributed by atoms with Gasteiger partial charge in [0.2, 0.25) is 11.1 Å². The van der Waals surface area contributed by atoms with Gasteiger partial charge in [-0.05, 0) is 36.3 Å². The molecule has 1 heterocycles. The number of tetrazole rings is 1. The van der Waals surface area contributed by atoms with Gasteiger partial charge in [-0.15, -0.1) is 5.10 Å². The van der Waals surface area contributed by atoms with Crippen molar-refractivity contribution in [3.63, 3.8) is 0 Å². The zero-order valence-corrected chi connectivity index (χ0v) is 14.6. The molecule has 124 valence electrons. The lowest BCUT2D eigenvalue weighted by molar-refractivity contribution is -0.119. The molecule has 0 saturated carbocycles. The molecule has 1 aromatic heterocycles. The molecule has 0 bridgehead atoms. The van der Waals surface area contributed by atoms with Crippen LogP contribution >= 0.6 is 11.8 Å². The second kappa shape index (κ2) is 8.67. The van der Waals surface area contributed by atoms with Crippen LogP contribution in [0.15, 0.2) is 35.5 Å². The highest BCUT2D eigenvalue weighted by molar-refractivity contribution is 7.99. The highest BCUT2D eigenvalue weighted by Gasteiger charge is 2.16. The van der Waals surface area contributed by atoms with E-state index >= 15 is 0 Å². The average Bonchev–Trinajstić information content (AvgIpc) is 3.02. The molecule has 0 fully saturated rings. The number of thioether (sulfide) groups is 1. The third-order valence-corrected chi connectivity index (χ3v) is 4.33. The number of hydrogen-bond acceptors (Lipinski definition) is 5. The lowest BCUT2D eigenvalue weighted by Gasteiger charge is -2.18. The van der Waals surface area contributed by atoms with Gasteiger partial charge in [-0.25, -0.2) is 4.68 Å². The fourth-order valence-electron chi connectivity index (χ4n) is 2.27. The molecule has 0 radical (unpaired) electrons. The quantitative estimate of drug-likeness (QED) is 0.752. The number of carbonyl (C=O) groups excluding carboxylic acids is 1. The van der Waals surface area contributed by atoms with Gasteiger partial charge in [0.15, 0.2) is 0 Å². The Hall–Kier alpha value is -1.89. The van der Waals surface area contributed by atoms with Crippen molar-refractivity contribution in [1.82, 2.24) is 25.5 Å². The highest BCUT2D eigenvalue weighted by atomic mass is 32.2. The predicted octanol–water partition coefficient (Wildman–Crippen LogP) is 3.00. The largest absolute Gasteiger partial charge is 0.349 e. The van der Waals surface area contributed by atoms with E-state index in [1.54, 1.807) is 4.68 Å². The Morgan fingerprint density at radius 1 is 1.30 bits per heavy atom. The second-order valence-corrected chi connectivity index (χ2v) is 6.55. The lowest BCUT2D eigenvalue weighted by atomic mass is 10.0. The average molecular weight is 333 g/mol. The summed E-state index contributed by atoms with van der Waals surface area (Å²) >= 11 is 1.36. The molecule has 1 amide bonds. The summed E-state index contributed by atoms with van der Waals surface area (Å²) in [7, 11) is 0. The molecule has 1 atom stereocenters. The van der Waals surface area contributed by atoms with Gasteiger partial charge in [-0.2, -0.15) is 0 Å². The van der Waals surface area contributed by atoms with Crippen molar-refractivity contribution in [1.29, 1.82) is 0 Å². The fourth-order valence-corrected chi connectivity index (χ4v) is 3.08. The number of nitrogens with one attached hydrogen (secondary N) is 1. The minimum Gasteiger partial charge on any atom is -0.349 e. The molecule has 2 rings (SSSR count). The van der Waals surface area contributed by atoms with Crippen molar-refractivity contribution in [2.75, 3.05) is 5.75 Å². The molecule has 1 unspecified atom stereocenters. The van der Waals surface area contributed by atoms with Crippen LogP contribution < -0.4 is 5.32 Å². The Balaban J connectivity index is 1.93. The van der Waals surface area contributed by atoms with E-state index in [1.165, 1.54) is 11.8 Å². The van der Waals surface area contributed by atoms with E-state index in [1.807, 2.05) is 44.2 Å². The number of aromatic nitrogens is 4. The van der Waals surface area contributed by atoms with Crippen LogP contribution in [0.4, 0.5) is 0 Å². The molecule has 7 heteroatoms. The lowest BCUT2D eigenvalue weighted by Crippen LogP contribution is -2.30. The first-order valence-corrected chi connectivity index (χ1v) is 8.85. The predicted molar refractivity (Wildman–Crippen MR) is 91.2 cm³/mol. The van der Waals surface area contributed by atoms with Gasteiger partial charge < -0.3 is 5.32 Å². The van der Waals surface area contributed by atoms with Crippen LogP contribution in [-0.4, -0.2) is 31.9 Å². The molecular weight excluding hydrogens is 310 g/mol. The molecule has 1 aromatic carbocycles. The first kappa shape index (κ1) is 17.5. The van der Waals surface area contributed by atoms with Crippen molar-refractivity contribution in [3.8, 4) is 0 Å². The number of benzene rings is 1. The topological polar surface area (TPSA) is 72.7 Å². The van der Waals surface area contributed by atoms with Crippen molar-refractivity contribution in [3.05, 3.63) is 35.9 Å². The minimum absolute atomic E-state index is 0.00407. The maximum atomic E-state index is 12.3. The van der Waals surface area contributed by atoms with E-state index < -0.39 is 0 Å². The zero-order valence-electron chi connectivity index (χ0n) is 13.8. The smallest absolute Gasteiger partial charge is 0.230 e. The summed E-state index contributed by atoms with van der Waals surface area (Å²) < 4.78 is 1.72. The zero-order chi connectivity index (χ0) is 16.7. The number of nitrogens with zero attached hydrogens (tertiary/aromatic N) is 4. The standard InChI is InChI=1S/C16H23N5OS/c1-4-8-14(13-9-6-5-7-10-13)17-15(22)11-23-16-18-19-20-21(16)12(2)3/h5-7,9-10,12,14H,4,8,11H2,1-3H3,(H,17,22). The molecular formula is C16H23N5OS. The van der Waals surface area contributed by atoms with Crippen LogP contribution in [0.2, 0.25) is 0 Å². The Bertz CT molecular complexity index is 614. The van der Waals surface area contributed by atoms with Crippen LogP contribution in [0.1, 0.15) is 51.3 Å². The number of rotatable bonds is 8. The van der Waals surface area contributed by atoms with E-state index in [0.29, 0.717) is 10.9 Å². The molecule has 23 heavy (non-hydrogen) atoms. The van der Waals surface area contributed by atoms with Gasteiger partial charge in [0.25, 0.3) is 0 Å². The molecule has 0 aliphatic rings. The Morgan fingerprint density at radius 2 is 2.04 bits per heavy atom. The van der Waals surface area contributed by atoms with Gasteiger partial charge in [0.1, 0.15) is 0 Å². The Labute approximate surface area is 141 Å². The van der Waals surface area contributed by atoms with E-state index in [0.717, 1.165) is 18.4 Å². The Kier molecular flexibility index (Phi) is 6.58. The third kappa shape index (κ3) is 5.06. The van der Waals surface area contributed by atoms with E-state index in [-0.39, 0.29) is 18.0 Å². The monoisotopic (exact) mass is 333 g/mol. The molecule has 0 spiro atoms. The summed E-state index contributed by atoms with van der Waals surface area (Å²) in [5.41, 5.74) is 1.14. The summed E-state index contributed by atoms with van der Waals surface area (Å²) in [5.74, 6) is 0.302. The summed E-state index contributed by atoms with van der Waals surface area (Å²) in [6.45, 7) is 6.13. The minimum atomic E-state index is -0.00407. The summed E-state index contributed by atoms with van der Waals surface area (Å²) in [6.07, 6.45) is 1.93. The molecule has 6 nitrogen and oxygen atoms in total. The molecule has 0 saturated heterocycles. The van der Waals surface area contributed by atoms with Crippen LogP contribution in [-0.2, 0) is 4.79 Å². The first-order chi connectivity index (χ1) is 11.1. The SMILES string of the molecule is CCCC(NC(=O)CSc1nnnn1C(C)C)c1ccccc1. The second-order valence-electron chi connectivity index (χ2n) is 5.61. The van der Waals surface area contributed by atoms with Crippen LogP contribution in [0.25, 0.3) is 0 Å². The van der Waals surface area contributed by atoms with Gasteiger partial charge in [0, 0.05) is 0 Å². The highest BCUT2D eigenvalue weighted by Crippen LogP contribution is 2.20. The summed E-state index contributed by atoms with van der Waals surface area (Å²) in [4.78, 5) is 12.3. The molecule has 0 aliphatic heterocycles. The van der Waals surface area contributed by atoms with Crippen LogP contribution in [0.3, 0.4) is 0 Å². The fraction of sp³-hybridized carbons (Fsp3) is 0.500. The van der Waals surface area contributed by atoms with E-state index in [2.05, 4.69) is 27.8 Å². The van der Waals surface area contributed by atoms with Gasteiger partial charge >= 0.3 is 0 Å². The number of hydrogen-bond donors (Lipinski definition) is 1. The van der Waals surface area contributed by atoms with Crippen molar-refractivity contribution >= 4 is 17.7 Å². The van der Waals surface area contributed by atoms with Crippen molar-refractivity contribution < 1.29 is 4.79 Å². The van der Waals surface area contributed by atoms with Gasteiger partial charge in [-0.1, -0.05) is 55.4 Å².